The summed E-state index contributed by atoms with van der Waals surface area (Å²) in [5, 5.41) is 2.62. The third kappa shape index (κ3) is 6.53. The van der Waals surface area contributed by atoms with E-state index in [9.17, 15) is 18.0 Å². The van der Waals surface area contributed by atoms with Crippen molar-refractivity contribution in [2.75, 3.05) is 18.9 Å². The molecule has 0 aliphatic heterocycles. The second-order valence-electron chi connectivity index (χ2n) is 9.02. The Morgan fingerprint density at radius 3 is 2.16 bits per heavy atom. The van der Waals surface area contributed by atoms with Crippen LogP contribution in [0.2, 0.25) is 0 Å². The fourth-order valence-corrected chi connectivity index (χ4v) is 5.90. The molecular weight excluding hydrogens is 414 g/mol. The first-order chi connectivity index (χ1) is 14.8. The predicted molar refractivity (Wildman–Crippen MR) is 121 cm³/mol. The Balaban J connectivity index is 1.46. The summed E-state index contributed by atoms with van der Waals surface area (Å²) in [6.45, 7) is 1.79. The van der Waals surface area contributed by atoms with Crippen LogP contribution in [0.5, 0.6) is 0 Å². The van der Waals surface area contributed by atoms with E-state index in [1.165, 1.54) is 38.3 Å². The highest BCUT2D eigenvalue weighted by Gasteiger charge is 2.31. The first-order valence-electron chi connectivity index (χ1n) is 11.4. The number of carbonyl (C=O) groups excluding carboxylic acids is 2. The lowest BCUT2D eigenvalue weighted by Gasteiger charge is -2.36. The first-order valence-corrected chi connectivity index (χ1v) is 12.9. The Kier molecular flexibility index (Phi) is 8.11. The highest BCUT2D eigenvalue weighted by Crippen LogP contribution is 2.31. The molecule has 2 fully saturated rings. The number of benzene rings is 1. The standard InChI is InChI=1S/C23H35N3O4S/c1-17(27)25-20-12-14-22(15-13-20)31(29,30)24-16-18-8-10-19(11-9-18)23(28)26(2)21-6-4-3-5-7-21/h12-15,18-19,21,24H,3-11,16H2,1-2H3,(H,25,27). The lowest BCUT2D eigenvalue weighted by atomic mass is 9.81. The molecule has 2 saturated carbocycles. The summed E-state index contributed by atoms with van der Waals surface area (Å²) >= 11 is 0. The average molecular weight is 450 g/mol. The van der Waals surface area contributed by atoms with Crippen molar-refractivity contribution in [1.82, 2.24) is 9.62 Å². The average Bonchev–Trinajstić information content (AvgIpc) is 2.78. The smallest absolute Gasteiger partial charge is 0.240 e. The summed E-state index contributed by atoms with van der Waals surface area (Å²) in [4.78, 5) is 26.1. The van der Waals surface area contributed by atoms with Gasteiger partial charge in [0.25, 0.3) is 0 Å². The van der Waals surface area contributed by atoms with Gasteiger partial charge in [-0.1, -0.05) is 19.3 Å². The van der Waals surface area contributed by atoms with Gasteiger partial charge in [-0.15, -0.1) is 0 Å². The zero-order chi connectivity index (χ0) is 22.4. The molecule has 2 amide bonds. The van der Waals surface area contributed by atoms with E-state index in [1.54, 1.807) is 12.1 Å². The Hall–Kier alpha value is -1.93. The molecule has 7 nitrogen and oxygen atoms in total. The summed E-state index contributed by atoms with van der Waals surface area (Å²) in [6, 6.07) is 6.53. The molecule has 1 aromatic carbocycles. The third-order valence-electron chi connectivity index (χ3n) is 6.71. The summed E-state index contributed by atoms with van der Waals surface area (Å²) in [5.41, 5.74) is 0.563. The Labute approximate surface area is 186 Å². The molecule has 0 spiro atoms. The molecule has 8 heteroatoms. The number of amides is 2. The van der Waals surface area contributed by atoms with Gasteiger partial charge in [-0.25, -0.2) is 13.1 Å². The van der Waals surface area contributed by atoms with E-state index in [2.05, 4.69) is 10.0 Å². The quantitative estimate of drug-likeness (QED) is 0.666. The largest absolute Gasteiger partial charge is 0.343 e. The molecule has 31 heavy (non-hydrogen) atoms. The van der Waals surface area contributed by atoms with E-state index in [4.69, 9.17) is 0 Å². The highest BCUT2D eigenvalue weighted by atomic mass is 32.2. The SMILES string of the molecule is CC(=O)Nc1ccc(S(=O)(=O)NCC2CCC(C(=O)N(C)C3CCCCC3)CC2)cc1. The molecular formula is C23H35N3O4S. The molecule has 0 heterocycles. The van der Waals surface area contributed by atoms with Gasteiger partial charge >= 0.3 is 0 Å². The van der Waals surface area contributed by atoms with Gasteiger partial charge in [0.1, 0.15) is 0 Å². The maximum Gasteiger partial charge on any atom is 0.240 e. The van der Waals surface area contributed by atoms with Crippen LogP contribution in [0, 0.1) is 11.8 Å². The second kappa shape index (κ2) is 10.6. The van der Waals surface area contributed by atoms with Gasteiger partial charge < -0.3 is 10.2 Å². The van der Waals surface area contributed by atoms with E-state index in [0.717, 1.165) is 38.5 Å². The number of hydrogen-bond acceptors (Lipinski definition) is 4. The van der Waals surface area contributed by atoms with Crippen molar-refractivity contribution in [2.24, 2.45) is 11.8 Å². The van der Waals surface area contributed by atoms with Gasteiger partial charge in [0, 0.05) is 38.2 Å². The van der Waals surface area contributed by atoms with Gasteiger partial charge in [-0.2, -0.15) is 0 Å². The molecule has 172 valence electrons. The monoisotopic (exact) mass is 449 g/mol. The summed E-state index contributed by atoms with van der Waals surface area (Å²) in [7, 11) is -1.65. The van der Waals surface area contributed by atoms with Gasteiger partial charge in [0.2, 0.25) is 21.8 Å². The molecule has 2 aliphatic rings. The summed E-state index contributed by atoms with van der Waals surface area (Å²) in [6.07, 6.45) is 9.31. The van der Waals surface area contributed by atoms with Crippen molar-refractivity contribution in [3.63, 3.8) is 0 Å². The zero-order valence-electron chi connectivity index (χ0n) is 18.6. The number of hydrogen-bond donors (Lipinski definition) is 2. The van der Waals surface area contributed by atoms with Crippen LogP contribution in [0.1, 0.15) is 64.7 Å². The number of carbonyl (C=O) groups is 2. The van der Waals surface area contributed by atoms with Crippen LogP contribution >= 0.6 is 0 Å². The minimum Gasteiger partial charge on any atom is -0.343 e. The molecule has 0 atom stereocenters. The number of rotatable bonds is 7. The van der Waals surface area contributed by atoms with Crippen molar-refractivity contribution in [1.29, 1.82) is 0 Å². The lowest BCUT2D eigenvalue weighted by Crippen LogP contribution is -2.43. The first kappa shape index (κ1) is 23.7. The normalized spacial score (nSPS) is 22.6. The van der Waals surface area contributed by atoms with Crippen molar-refractivity contribution in [3.8, 4) is 0 Å². The molecule has 0 aromatic heterocycles. The van der Waals surface area contributed by atoms with Crippen LogP contribution in [0.4, 0.5) is 5.69 Å². The van der Waals surface area contributed by atoms with Gasteiger partial charge in [-0.05, 0) is 68.7 Å². The topological polar surface area (TPSA) is 95.6 Å². The van der Waals surface area contributed by atoms with Gasteiger partial charge in [0.05, 0.1) is 4.90 Å². The molecule has 1 aromatic rings. The third-order valence-corrected chi connectivity index (χ3v) is 8.15. The van der Waals surface area contributed by atoms with Crippen molar-refractivity contribution in [2.45, 2.75) is 75.6 Å². The molecule has 0 unspecified atom stereocenters. The Morgan fingerprint density at radius 1 is 0.968 bits per heavy atom. The maximum atomic E-state index is 12.9. The van der Waals surface area contributed by atoms with E-state index in [0.29, 0.717) is 18.3 Å². The van der Waals surface area contributed by atoms with Crippen LogP contribution in [0.3, 0.4) is 0 Å². The predicted octanol–water partition coefficient (Wildman–Crippen LogP) is 3.52. The molecule has 0 radical (unpaired) electrons. The number of nitrogens with one attached hydrogen (secondary N) is 2. The van der Waals surface area contributed by atoms with E-state index in [-0.39, 0.29) is 28.5 Å². The second-order valence-corrected chi connectivity index (χ2v) is 10.8. The van der Waals surface area contributed by atoms with Crippen LogP contribution in [-0.2, 0) is 19.6 Å². The fourth-order valence-electron chi connectivity index (χ4n) is 4.78. The Bertz CT molecular complexity index is 855. The van der Waals surface area contributed by atoms with Crippen molar-refractivity contribution in [3.05, 3.63) is 24.3 Å². The molecule has 0 bridgehead atoms. The minimum atomic E-state index is -3.60. The van der Waals surface area contributed by atoms with E-state index >= 15 is 0 Å². The molecule has 2 N–H and O–H groups in total. The fraction of sp³-hybridized carbons (Fsp3) is 0.652. The highest BCUT2D eigenvalue weighted by molar-refractivity contribution is 7.89. The molecule has 0 saturated heterocycles. The Morgan fingerprint density at radius 2 is 1.58 bits per heavy atom. The van der Waals surface area contributed by atoms with Crippen LogP contribution in [0.25, 0.3) is 0 Å². The van der Waals surface area contributed by atoms with Crippen LogP contribution < -0.4 is 10.0 Å². The van der Waals surface area contributed by atoms with Crippen molar-refractivity contribution < 1.29 is 18.0 Å². The molecule has 3 rings (SSSR count). The number of anilines is 1. The van der Waals surface area contributed by atoms with E-state index in [1.807, 2.05) is 11.9 Å². The number of sulfonamides is 1. The zero-order valence-corrected chi connectivity index (χ0v) is 19.4. The minimum absolute atomic E-state index is 0.0705. The van der Waals surface area contributed by atoms with Crippen molar-refractivity contribution >= 4 is 27.5 Å². The van der Waals surface area contributed by atoms with Gasteiger partial charge in [-0.3, -0.25) is 9.59 Å². The number of nitrogens with zero attached hydrogens (tertiary/aromatic N) is 1. The van der Waals surface area contributed by atoms with Crippen LogP contribution in [0.15, 0.2) is 29.2 Å². The van der Waals surface area contributed by atoms with E-state index < -0.39 is 10.0 Å². The van der Waals surface area contributed by atoms with Crippen LogP contribution in [-0.4, -0.2) is 44.8 Å². The van der Waals surface area contributed by atoms with Gasteiger partial charge in [0.15, 0.2) is 0 Å². The lowest BCUT2D eigenvalue weighted by molar-refractivity contribution is -0.138. The maximum absolute atomic E-state index is 12.9. The summed E-state index contributed by atoms with van der Waals surface area (Å²) < 4.78 is 27.9. The summed E-state index contributed by atoms with van der Waals surface area (Å²) in [5.74, 6) is 0.386. The molecule has 2 aliphatic carbocycles.